The van der Waals surface area contributed by atoms with Gasteiger partial charge in [-0.15, -0.1) is 0 Å². The lowest BCUT2D eigenvalue weighted by Crippen LogP contribution is -2.15. The second-order valence-electron chi connectivity index (χ2n) is 5.84. The third-order valence-corrected chi connectivity index (χ3v) is 4.69. The Morgan fingerprint density at radius 1 is 1.32 bits per heavy atom. The van der Waals surface area contributed by atoms with Gasteiger partial charge in [-0.1, -0.05) is 19.3 Å². The number of aryl methyl sites for hydroxylation is 1. The molecule has 0 atom stereocenters. The zero-order chi connectivity index (χ0) is 13.8. The van der Waals surface area contributed by atoms with Gasteiger partial charge in [0.05, 0.1) is 5.69 Å². The molecular weight excluding hydrogens is 254 g/mol. The Bertz CT molecular complexity index is 406. The van der Waals surface area contributed by atoms with Gasteiger partial charge in [-0.25, -0.2) is 4.98 Å². The van der Waals surface area contributed by atoms with Crippen LogP contribution in [0.3, 0.4) is 0 Å². The molecule has 1 aliphatic carbocycles. The van der Waals surface area contributed by atoms with E-state index in [1.54, 1.807) is 0 Å². The summed E-state index contributed by atoms with van der Waals surface area (Å²) in [6.45, 7) is 4.42. The van der Waals surface area contributed by atoms with Crippen LogP contribution < -0.4 is 5.73 Å². The van der Waals surface area contributed by atoms with E-state index in [0.717, 1.165) is 23.7 Å². The topological polar surface area (TPSA) is 43.8 Å². The molecule has 1 fully saturated rings. The number of rotatable bonds is 5. The summed E-state index contributed by atoms with van der Waals surface area (Å²) in [4.78, 5) is 4.92. The van der Waals surface area contributed by atoms with Crippen molar-refractivity contribution in [3.8, 4) is 0 Å². The van der Waals surface area contributed by atoms with Crippen LogP contribution in [-0.4, -0.2) is 21.6 Å². The smallest absolute Gasteiger partial charge is 0.127 e. The minimum absolute atomic E-state index is 0.410. The Hall–Kier alpha value is -0.640. The summed E-state index contributed by atoms with van der Waals surface area (Å²) >= 11 is 1.86. The van der Waals surface area contributed by atoms with Crippen LogP contribution >= 0.6 is 11.8 Å². The number of nitrogens with zero attached hydrogens (tertiary/aromatic N) is 2. The summed E-state index contributed by atoms with van der Waals surface area (Å²) in [6, 6.07) is 0.410. The number of nitrogens with two attached hydrogens (primary N) is 1. The maximum atomic E-state index is 6.34. The average Bonchev–Trinajstić information content (AvgIpc) is 2.74. The Kier molecular flexibility index (Phi) is 5.20. The van der Waals surface area contributed by atoms with Crippen LogP contribution in [0.25, 0.3) is 0 Å². The van der Waals surface area contributed by atoms with Crippen LogP contribution in [0.4, 0.5) is 5.82 Å². The third kappa shape index (κ3) is 3.28. The standard InChI is InChI=1S/C15H27N3S/c1-11(2)18-14(16)13(9-10-19-3)17-15(18)12-7-5-4-6-8-12/h11-12H,4-10,16H2,1-3H3. The maximum absolute atomic E-state index is 6.34. The van der Waals surface area contributed by atoms with Crippen molar-refractivity contribution in [1.29, 1.82) is 0 Å². The van der Waals surface area contributed by atoms with Crippen LogP contribution in [-0.2, 0) is 6.42 Å². The molecule has 0 bridgehead atoms. The molecule has 0 aromatic carbocycles. The minimum atomic E-state index is 0.410. The first kappa shape index (κ1) is 14.8. The predicted molar refractivity (Wildman–Crippen MR) is 84.9 cm³/mol. The molecule has 0 aliphatic heterocycles. The number of nitrogen functional groups attached to an aromatic ring is 1. The summed E-state index contributed by atoms with van der Waals surface area (Å²) in [5.41, 5.74) is 7.46. The van der Waals surface area contributed by atoms with Crippen molar-refractivity contribution in [3.05, 3.63) is 11.5 Å². The molecule has 0 saturated heterocycles. The van der Waals surface area contributed by atoms with E-state index in [2.05, 4.69) is 24.7 Å². The molecular formula is C15H27N3S. The highest BCUT2D eigenvalue weighted by Crippen LogP contribution is 2.35. The van der Waals surface area contributed by atoms with E-state index in [9.17, 15) is 0 Å². The number of hydrogen-bond acceptors (Lipinski definition) is 3. The molecule has 1 aliphatic rings. The molecule has 0 amide bonds. The van der Waals surface area contributed by atoms with E-state index in [1.807, 2.05) is 11.8 Å². The van der Waals surface area contributed by atoms with Gasteiger partial charge in [-0.05, 0) is 38.7 Å². The summed E-state index contributed by atoms with van der Waals surface area (Å²) < 4.78 is 2.28. The number of hydrogen-bond donors (Lipinski definition) is 1. The summed E-state index contributed by atoms with van der Waals surface area (Å²) in [6.07, 6.45) is 9.76. The highest BCUT2D eigenvalue weighted by molar-refractivity contribution is 7.98. The number of anilines is 1. The molecule has 2 rings (SSSR count). The first-order valence-corrected chi connectivity index (χ1v) is 8.90. The Morgan fingerprint density at radius 2 is 2.00 bits per heavy atom. The van der Waals surface area contributed by atoms with E-state index < -0.39 is 0 Å². The van der Waals surface area contributed by atoms with Gasteiger partial charge in [0.2, 0.25) is 0 Å². The molecule has 1 heterocycles. The zero-order valence-electron chi connectivity index (χ0n) is 12.5. The van der Waals surface area contributed by atoms with Crippen molar-refractivity contribution >= 4 is 17.6 Å². The fraction of sp³-hybridized carbons (Fsp3) is 0.800. The molecule has 0 unspecified atom stereocenters. The molecule has 2 N–H and O–H groups in total. The second-order valence-corrected chi connectivity index (χ2v) is 6.83. The van der Waals surface area contributed by atoms with E-state index in [1.165, 1.54) is 37.9 Å². The summed E-state index contributed by atoms with van der Waals surface area (Å²) in [5, 5.41) is 0. The van der Waals surface area contributed by atoms with Crippen LogP contribution in [0, 0.1) is 0 Å². The molecule has 4 heteroatoms. The summed E-state index contributed by atoms with van der Waals surface area (Å²) in [5.74, 6) is 3.89. The predicted octanol–water partition coefficient (Wildman–Crippen LogP) is 4.00. The van der Waals surface area contributed by atoms with Crippen molar-refractivity contribution in [2.45, 2.75) is 64.3 Å². The molecule has 1 aromatic rings. The summed E-state index contributed by atoms with van der Waals surface area (Å²) in [7, 11) is 0. The lowest BCUT2D eigenvalue weighted by Gasteiger charge is -2.24. The molecule has 0 spiro atoms. The van der Waals surface area contributed by atoms with Crippen LogP contribution in [0.5, 0.6) is 0 Å². The van der Waals surface area contributed by atoms with E-state index in [4.69, 9.17) is 10.7 Å². The van der Waals surface area contributed by atoms with Crippen molar-refractivity contribution in [3.63, 3.8) is 0 Å². The Morgan fingerprint density at radius 3 is 2.58 bits per heavy atom. The van der Waals surface area contributed by atoms with Gasteiger partial charge in [0, 0.05) is 18.4 Å². The van der Waals surface area contributed by atoms with Gasteiger partial charge in [0.15, 0.2) is 0 Å². The van der Waals surface area contributed by atoms with Crippen LogP contribution in [0.2, 0.25) is 0 Å². The molecule has 1 aromatic heterocycles. The minimum Gasteiger partial charge on any atom is -0.384 e. The average molecular weight is 281 g/mol. The van der Waals surface area contributed by atoms with Gasteiger partial charge in [-0.2, -0.15) is 11.8 Å². The number of imidazole rings is 1. The monoisotopic (exact) mass is 281 g/mol. The van der Waals surface area contributed by atoms with E-state index >= 15 is 0 Å². The van der Waals surface area contributed by atoms with Gasteiger partial charge < -0.3 is 10.3 Å². The fourth-order valence-electron chi connectivity index (χ4n) is 3.09. The Balaban J connectivity index is 2.29. The van der Waals surface area contributed by atoms with Crippen molar-refractivity contribution in [1.82, 2.24) is 9.55 Å². The van der Waals surface area contributed by atoms with Crippen LogP contribution in [0.1, 0.15) is 69.4 Å². The van der Waals surface area contributed by atoms with Crippen molar-refractivity contribution in [2.75, 3.05) is 17.7 Å². The first-order chi connectivity index (χ1) is 9.15. The molecule has 19 heavy (non-hydrogen) atoms. The van der Waals surface area contributed by atoms with Gasteiger partial charge in [0.1, 0.15) is 11.6 Å². The normalized spacial score (nSPS) is 17.3. The molecule has 108 valence electrons. The van der Waals surface area contributed by atoms with Crippen LogP contribution in [0.15, 0.2) is 0 Å². The molecule has 1 saturated carbocycles. The number of aromatic nitrogens is 2. The number of thioether (sulfide) groups is 1. The molecule has 0 radical (unpaired) electrons. The maximum Gasteiger partial charge on any atom is 0.127 e. The van der Waals surface area contributed by atoms with Gasteiger partial charge in [0.25, 0.3) is 0 Å². The third-order valence-electron chi connectivity index (χ3n) is 4.08. The largest absolute Gasteiger partial charge is 0.384 e. The quantitative estimate of drug-likeness (QED) is 0.887. The lowest BCUT2D eigenvalue weighted by molar-refractivity contribution is 0.407. The van der Waals surface area contributed by atoms with Crippen molar-refractivity contribution < 1.29 is 0 Å². The highest BCUT2D eigenvalue weighted by Gasteiger charge is 2.25. The Labute approximate surface area is 121 Å². The second kappa shape index (κ2) is 6.69. The van der Waals surface area contributed by atoms with E-state index in [0.29, 0.717) is 12.0 Å². The van der Waals surface area contributed by atoms with Gasteiger partial charge in [-0.3, -0.25) is 0 Å². The van der Waals surface area contributed by atoms with Crippen molar-refractivity contribution in [2.24, 2.45) is 0 Å². The lowest BCUT2D eigenvalue weighted by atomic mass is 9.88. The SMILES string of the molecule is CSCCc1nc(C2CCCCC2)n(C(C)C)c1N. The fourth-order valence-corrected chi connectivity index (χ4v) is 3.48. The zero-order valence-corrected chi connectivity index (χ0v) is 13.3. The first-order valence-electron chi connectivity index (χ1n) is 7.50. The van der Waals surface area contributed by atoms with E-state index in [-0.39, 0.29) is 0 Å². The highest BCUT2D eigenvalue weighted by atomic mass is 32.2. The molecule has 3 nitrogen and oxygen atoms in total. The van der Waals surface area contributed by atoms with Gasteiger partial charge >= 0.3 is 0 Å².